The molecule has 1 heterocycles. The fourth-order valence-corrected chi connectivity index (χ4v) is 2.79. The molecule has 2 rings (SSSR count). The van der Waals surface area contributed by atoms with Gasteiger partial charge in [-0.3, -0.25) is 4.90 Å². The third-order valence-corrected chi connectivity index (χ3v) is 3.68. The molecule has 0 unspecified atom stereocenters. The van der Waals surface area contributed by atoms with E-state index in [4.69, 9.17) is 33.7 Å². The molecule has 0 aliphatic carbocycles. The van der Waals surface area contributed by atoms with Crippen molar-refractivity contribution in [1.82, 2.24) is 4.90 Å². The predicted molar refractivity (Wildman–Crippen MR) is 76.7 cm³/mol. The lowest BCUT2D eigenvalue weighted by atomic mass is 10.1. The van der Waals surface area contributed by atoms with E-state index in [-0.39, 0.29) is 0 Å². The lowest BCUT2D eigenvalue weighted by Crippen LogP contribution is -2.33. The third kappa shape index (κ3) is 3.67. The van der Waals surface area contributed by atoms with Gasteiger partial charge < -0.3 is 10.5 Å². The maximum absolute atomic E-state index is 6.05. The molecule has 0 aromatic heterocycles. The van der Waals surface area contributed by atoms with Crippen LogP contribution in [0.1, 0.15) is 19.3 Å². The van der Waals surface area contributed by atoms with Gasteiger partial charge in [-0.05, 0) is 38.1 Å². The number of hydrogen-bond acceptors (Lipinski definition) is 3. The first-order valence-electron chi connectivity index (χ1n) is 6.26. The van der Waals surface area contributed by atoms with Crippen LogP contribution < -0.4 is 10.5 Å². The highest BCUT2D eigenvalue weighted by atomic mass is 35.5. The molecule has 2 N–H and O–H groups in total. The van der Waals surface area contributed by atoms with E-state index in [9.17, 15) is 0 Å². The van der Waals surface area contributed by atoms with Crippen molar-refractivity contribution >= 4 is 28.9 Å². The topological polar surface area (TPSA) is 38.5 Å². The summed E-state index contributed by atoms with van der Waals surface area (Å²) in [5.74, 6) is 0.532. The number of piperidine rings is 1. The minimum atomic E-state index is 0.471. The Kier molecular flexibility index (Phi) is 4.98. The van der Waals surface area contributed by atoms with Gasteiger partial charge >= 0.3 is 0 Å². The largest absolute Gasteiger partial charge is 0.489 e. The molecular formula is C13H18Cl2N2O. The van der Waals surface area contributed by atoms with E-state index in [1.807, 2.05) is 0 Å². The first-order chi connectivity index (χ1) is 8.66. The predicted octanol–water partition coefficient (Wildman–Crippen LogP) is 3.44. The first-order valence-corrected chi connectivity index (χ1v) is 7.02. The van der Waals surface area contributed by atoms with Crippen molar-refractivity contribution in [2.75, 3.05) is 32.0 Å². The summed E-state index contributed by atoms with van der Waals surface area (Å²) in [5, 5.41) is 0.942. The molecule has 1 aliphatic rings. The number of nitrogen functional groups attached to an aromatic ring is 1. The lowest BCUT2D eigenvalue weighted by Gasteiger charge is -2.26. The van der Waals surface area contributed by atoms with Crippen molar-refractivity contribution in [2.45, 2.75) is 19.3 Å². The first kappa shape index (κ1) is 13.8. The monoisotopic (exact) mass is 288 g/mol. The van der Waals surface area contributed by atoms with Crippen LogP contribution in [0.25, 0.3) is 0 Å². The average Bonchev–Trinajstić information content (AvgIpc) is 2.34. The van der Waals surface area contributed by atoms with Gasteiger partial charge in [-0.15, -0.1) is 0 Å². The number of nitrogens with two attached hydrogens (primary N) is 1. The summed E-state index contributed by atoms with van der Waals surface area (Å²) in [6.07, 6.45) is 3.90. The number of ether oxygens (including phenoxy) is 1. The van der Waals surface area contributed by atoms with Crippen LogP contribution in [0.15, 0.2) is 12.1 Å². The van der Waals surface area contributed by atoms with Gasteiger partial charge in [-0.1, -0.05) is 29.6 Å². The quantitative estimate of drug-likeness (QED) is 0.863. The highest BCUT2D eigenvalue weighted by Crippen LogP contribution is 2.34. The maximum atomic E-state index is 6.05. The van der Waals surface area contributed by atoms with E-state index in [0.29, 0.717) is 28.1 Å². The number of rotatable bonds is 4. The van der Waals surface area contributed by atoms with Crippen LogP contribution in [0, 0.1) is 0 Å². The normalized spacial score (nSPS) is 16.8. The number of halogens is 2. The molecule has 1 aliphatic heterocycles. The van der Waals surface area contributed by atoms with E-state index in [0.717, 1.165) is 19.6 Å². The Morgan fingerprint density at radius 1 is 1.11 bits per heavy atom. The fourth-order valence-electron chi connectivity index (χ4n) is 2.18. The molecule has 1 aromatic carbocycles. The van der Waals surface area contributed by atoms with Gasteiger partial charge in [0.1, 0.15) is 6.61 Å². The van der Waals surface area contributed by atoms with Crippen LogP contribution >= 0.6 is 23.2 Å². The summed E-state index contributed by atoms with van der Waals surface area (Å²) in [6.45, 7) is 3.83. The molecule has 1 aromatic rings. The van der Waals surface area contributed by atoms with Gasteiger partial charge in [0.25, 0.3) is 0 Å². The molecule has 0 atom stereocenters. The van der Waals surface area contributed by atoms with Crippen LogP contribution in [0.4, 0.5) is 5.69 Å². The minimum Gasteiger partial charge on any atom is -0.489 e. The second kappa shape index (κ2) is 6.50. The third-order valence-electron chi connectivity index (χ3n) is 3.12. The summed E-state index contributed by atoms with van der Waals surface area (Å²) in [5.41, 5.74) is 6.19. The van der Waals surface area contributed by atoms with Gasteiger partial charge in [-0.25, -0.2) is 0 Å². The van der Waals surface area contributed by atoms with Crippen LogP contribution in [0.2, 0.25) is 10.0 Å². The molecule has 100 valence electrons. The number of nitrogens with zero attached hydrogens (tertiary/aromatic N) is 1. The molecule has 0 spiro atoms. The average molecular weight is 289 g/mol. The zero-order chi connectivity index (χ0) is 13.0. The molecule has 18 heavy (non-hydrogen) atoms. The van der Waals surface area contributed by atoms with E-state index in [2.05, 4.69) is 4.90 Å². The molecule has 5 heteroatoms. The molecule has 1 fully saturated rings. The Hall–Kier alpha value is -0.640. The Balaban J connectivity index is 1.86. The molecule has 0 bridgehead atoms. The zero-order valence-corrected chi connectivity index (χ0v) is 11.8. The van der Waals surface area contributed by atoms with Crippen molar-refractivity contribution in [1.29, 1.82) is 0 Å². The number of anilines is 1. The Morgan fingerprint density at radius 3 is 2.33 bits per heavy atom. The van der Waals surface area contributed by atoms with Gasteiger partial charge in [0.05, 0.1) is 10.0 Å². The van der Waals surface area contributed by atoms with Crippen LogP contribution in [-0.4, -0.2) is 31.1 Å². The molecule has 1 saturated heterocycles. The maximum Gasteiger partial charge on any atom is 0.156 e. The van der Waals surface area contributed by atoms with Gasteiger partial charge in [0, 0.05) is 12.2 Å². The number of hydrogen-bond donors (Lipinski definition) is 1. The summed E-state index contributed by atoms with van der Waals surface area (Å²) in [4.78, 5) is 2.41. The Bertz CT molecular complexity index is 383. The van der Waals surface area contributed by atoms with Crippen molar-refractivity contribution < 1.29 is 4.74 Å². The van der Waals surface area contributed by atoms with Gasteiger partial charge in [-0.2, -0.15) is 0 Å². The summed E-state index contributed by atoms with van der Waals surface area (Å²) >= 11 is 12.1. The Morgan fingerprint density at radius 2 is 1.72 bits per heavy atom. The van der Waals surface area contributed by atoms with E-state index >= 15 is 0 Å². The summed E-state index contributed by atoms with van der Waals surface area (Å²) in [6, 6.07) is 3.31. The van der Waals surface area contributed by atoms with E-state index in [1.54, 1.807) is 12.1 Å². The molecule has 3 nitrogen and oxygen atoms in total. The van der Waals surface area contributed by atoms with Crippen molar-refractivity contribution in [3.05, 3.63) is 22.2 Å². The summed E-state index contributed by atoms with van der Waals surface area (Å²) in [7, 11) is 0. The SMILES string of the molecule is Nc1cc(Cl)c(OCCN2CCCCC2)c(Cl)c1. The highest BCUT2D eigenvalue weighted by molar-refractivity contribution is 6.37. The number of benzene rings is 1. The lowest BCUT2D eigenvalue weighted by molar-refractivity contribution is 0.183. The fraction of sp³-hybridized carbons (Fsp3) is 0.538. The summed E-state index contributed by atoms with van der Waals surface area (Å²) < 4.78 is 5.66. The van der Waals surface area contributed by atoms with E-state index < -0.39 is 0 Å². The second-order valence-corrected chi connectivity index (χ2v) is 5.38. The molecular weight excluding hydrogens is 271 g/mol. The van der Waals surface area contributed by atoms with Crippen LogP contribution in [0.3, 0.4) is 0 Å². The van der Waals surface area contributed by atoms with Gasteiger partial charge in [0.15, 0.2) is 5.75 Å². The van der Waals surface area contributed by atoms with Crippen molar-refractivity contribution in [3.63, 3.8) is 0 Å². The second-order valence-electron chi connectivity index (χ2n) is 4.56. The Labute approximate surface area is 118 Å². The molecule has 0 radical (unpaired) electrons. The van der Waals surface area contributed by atoms with Crippen LogP contribution in [-0.2, 0) is 0 Å². The molecule has 0 saturated carbocycles. The van der Waals surface area contributed by atoms with Crippen molar-refractivity contribution in [2.24, 2.45) is 0 Å². The standard InChI is InChI=1S/C13H18Cl2N2O/c14-11-8-10(16)9-12(15)13(11)18-7-6-17-4-2-1-3-5-17/h8-9H,1-7,16H2. The van der Waals surface area contributed by atoms with Gasteiger partial charge in [0.2, 0.25) is 0 Å². The highest BCUT2D eigenvalue weighted by Gasteiger charge is 2.12. The molecule has 0 amide bonds. The minimum absolute atomic E-state index is 0.471. The van der Waals surface area contributed by atoms with E-state index in [1.165, 1.54) is 19.3 Å². The number of likely N-dealkylation sites (tertiary alicyclic amines) is 1. The smallest absolute Gasteiger partial charge is 0.156 e. The van der Waals surface area contributed by atoms with Crippen molar-refractivity contribution in [3.8, 4) is 5.75 Å². The zero-order valence-electron chi connectivity index (χ0n) is 10.3. The van der Waals surface area contributed by atoms with Crippen LogP contribution in [0.5, 0.6) is 5.75 Å².